The fraction of sp³-hybridized carbons (Fsp3) is 0. The Morgan fingerprint density at radius 3 is 1.00 bits per heavy atom. The molecule has 0 aliphatic heterocycles. The van der Waals surface area contributed by atoms with E-state index >= 15 is 0 Å². The van der Waals surface area contributed by atoms with Gasteiger partial charge in [0.2, 0.25) is 0 Å². The van der Waals surface area contributed by atoms with Crippen molar-refractivity contribution in [2.75, 3.05) is 0 Å². The summed E-state index contributed by atoms with van der Waals surface area (Å²) in [6, 6.07) is 0. The van der Waals surface area contributed by atoms with Crippen LogP contribution in [-0.2, 0) is 118 Å². The fourth-order valence-electron chi connectivity index (χ4n) is 0.0722. The molecule has 0 bridgehead atoms. The van der Waals surface area contributed by atoms with Gasteiger partial charge in [0, 0.05) is 118 Å². The molecule has 10 heteroatoms. The van der Waals surface area contributed by atoms with Crippen molar-refractivity contribution in [1.82, 2.24) is 0 Å². The van der Waals surface area contributed by atoms with Crippen LogP contribution >= 0.6 is 49.7 Å². The second-order valence-electron chi connectivity index (χ2n) is 0.539. The van der Waals surface area contributed by atoms with Crippen LogP contribution in [0.5, 0.6) is 0 Å². The third kappa shape index (κ3) is 29.3. The summed E-state index contributed by atoms with van der Waals surface area (Å²) in [5.74, 6) is 0. The van der Waals surface area contributed by atoms with E-state index in [2.05, 4.69) is 17.9 Å². The molecule has 0 N–H and O–H groups in total. The second kappa shape index (κ2) is 29.6. The quantitative estimate of drug-likeness (QED) is 0.325. The molecule has 0 rings (SSSR count). The van der Waals surface area contributed by atoms with E-state index in [4.69, 9.17) is 0 Å². The maximum absolute atomic E-state index is 2.77. The van der Waals surface area contributed by atoms with Crippen molar-refractivity contribution in [3.05, 3.63) is 0 Å². The number of rotatable bonds is 3. The van der Waals surface area contributed by atoms with Gasteiger partial charge in [-0.3, -0.25) is 0 Å². The average molecular weight is 653 g/mol. The van der Waals surface area contributed by atoms with Gasteiger partial charge in [-0.2, -0.15) is 0 Å². The Morgan fingerprint density at radius 2 is 0.900 bits per heavy atom. The third-order valence-corrected chi connectivity index (χ3v) is 16.8. The summed E-state index contributed by atoms with van der Waals surface area (Å²) >= 11 is 0. The van der Waals surface area contributed by atoms with Crippen LogP contribution in [0, 0.1) is 0 Å². The monoisotopic (exact) mass is 654 g/mol. The van der Waals surface area contributed by atoms with E-state index in [1.807, 2.05) is 0 Å². The van der Waals surface area contributed by atoms with Gasteiger partial charge in [-0.25, -0.2) is 0 Å². The Kier molecular flexibility index (Phi) is 88.7. The zero-order valence-electron chi connectivity index (χ0n) is 5.22. The van der Waals surface area contributed by atoms with E-state index in [1.54, 1.807) is 0 Å². The molecule has 0 aliphatic carbocycles. The first-order chi connectivity index (χ1) is 2.91. The summed E-state index contributed by atoms with van der Waals surface area (Å²) in [4.78, 5) is 0. The standard InChI is InChI=1S/Ir.H8P6.3Y/c;1-3-5-6-4-2;;;/h;3-6H,1-2H2;;;. The van der Waals surface area contributed by atoms with E-state index in [-0.39, 0.29) is 118 Å². The Labute approximate surface area is 164 Å². The zero-order valence-corrected chi connectivity index (χ0v) is 22.4. The normalized spacial score (nSPS) is 10.2. The molecule has 0 amide bonds. The molecule has 6 unspecified atom stereocenters. The van der Waals surface area contributed by atoms with Gasteiger partial charge < -0.3 is 0 Å². The minimum atomic E-state index is 0. The molecule has 0 aliphatic rings. The minimum absolute atomic E-state index is 0. The largest absolute Gasteiger partial charge is 0.110 e. The van der Waals surface area contributed by atoms with Crippen molar-refractivity contribution in [2.45, 2.75) is 0 Å². The van der Waals surface area contributed by atoms with Gasteiger partial charge >= 0.3 is 0 Å². The predicted molar refractivity (Wildman–Crippen MR) is 52.7 cm³/mol. The Bertz CT molecular complexity index is 25.0. The molecular formula is H8IrP6Y3. The van der Waals surface area contributed by atoms with E-state index in [0.29, 0.717) is 0 Å². The van der Waals surface area contributed by atoms with Crippen LogP contribution in [0.3, 0.4) is 0 Å². The molecule has 0 saturated heterocycles. The molecule has 4 radical (unpaired) electrons. The molecule has 56 valence electrons. The van der Waals surface area contributed by atoms with E-state index < -0.39 is 0 Å². The molecule has 10 heavy (non-hydrogen) atoms. The van der Waals surface area contributed by atoms with Crippen LogP contribution in [0.1, 0.15) is 0 Å². The Hall–Kier alpha value is 6.54. The summed E-state index contributed by atoms with van der Waals surface area (Å²) in [6.45, 7) is 0. The molecule has 0 fully saturated rings. The topological polar surface area (TPSA) is 0 Å². The molecule has 0 nitrogen and oxygen atoms in total. The summed E-state index contributed by atoms with van der Waals surface area (Å²) < 4.78 is 0. The van der Waals surface area contributed by atoms with Crippen molar-refractivity contribution in [1.29, 1.82) is 0 Å². The average Bonchev–Trinajstić information content (AvgIpc) is 1.61. The van der Waals surface area contributed by atoms with Gasteiger partial charge in [0.25, 0.3) is 0 Å². The summed E-state index contributed by atoms with van der Waals surface area (Å²) in [6.07, 6.45) is 0. The molecule has 6 atom stereocenters. The van der Waals surface area contributed by atoms with Gasteiger partial charge in [0.05, 0.1) is 0 Å². The van der Waals surface area contributed by atoms with Crippen molar-refractivity contribution in [3.63, 3.8) is 0 Å². The third-order valence-electron chi connectivity index (χ3n) is 0.207. The van der Waals surface area contributed by atoms with Crippen LogP contribution < -0.4 is 0 Å². The molecular weight excluding hydrogens is 645 g/mol. The van der Waals surface area contributed by atoms with E-state index in [1.165, 1.54) is 15.9 Å². The molecule has 0 saturated carbocycles. The predicted octanol–water partition coefficient (Wildman–Crippen LogP) is 3.02. The maximum Gasteiger partial charge on any atom is 0 e. The first kappa shape index (κ1) is 30.0. The van der Waals surface area contributed by atoms with Crippen LogP contribution in [0.2, 0.25) is 0 Å². The van der Waals surface area contributed by atoms with Crippen molar-refractivity contribution in [3.8, 4) is 0 Å². The van der Waals surface area contributed by atoms with Gasteiger partial charge in [0.1, 0.15) is 0 Å². The summed E-state index contributed by atoms with van der Waals surface area (Å²) in [5, 5.41) is 0. The van der Waals surface area contributed by atoms with Gasteiger partial charge in [-0.05, 0) is 0 Å². The molecule has 0 aromatic heterocycles. The van der Waals surface area contributed by atoms with Gasteiger partial charge in [-0.15, -0.1) is 17.9 Å². The maximum atomic E-state index is 2.77. The number of hydrogen-bond acceptors (Lipinski definition) is 0. The van der Waals surface area contributed by atoms with E-state index in [9.17, 15) is 0 Å². The van der Waals surface area contributed by atoms with Crippen LogP contribution in [0.4, 0.5) is 0 Å². The van der Waals surface area contributed by atoms with Crippen LogP contribution in [-0.4, -0.2) is 0 Å². The van der Waals surface area contributed by atoms with Crippen LogP contribution in [0.25, 0.3) is 0 Å². The van der Waals surface area contributed by atoms with Gasteiger partial charge in [-0.1, -0.05) is 31.8 Å². The van der Waals surface area contributed by atoms with E-state index in [0.717, 1.165) is 15.9 Å². The summed E-state index contributed by atoms with van der Waals surface area (Å²) in [7, 11) is 10.2. The van der Waals surface area contributed by atoms with Crippen molar-refractivity contribution in [2.24, 2.45) is 0 Å². The van der Waals surface area contributed by atoms with Crippen molar-refractivity contribution >= 4 is 49.7 Å². The Balaban J connectivity index is -0.0000000208. The van der Waals surface area contributed by atoms with Crippen LogP contribution in [0.15, 0.2) is 0 Å². The molecule has 0 spiro atoms. The summed E-state index contributed by atoms with van der Waals surface area (Å²) in [5.41, 5.74) is 0. The second-order valence-corrected chi connectivity index (χ2v) is 14.5. The number of hydrogen-bond donors (Lipinski definition) is 0. The molecule has 0 heterocycles. The van der Waals surface area contributed by atoms with Gasteiger partial charge in [0.15, 0.2) is 0 Å². The minimum Gasteiger partial charge on any atom is -0.110 e. The zero-order chi connectivity index (χ0) is 4.83. The molecule has 0 aromatic rings. The smallest absolute Gasteiger partial charge is 0 e. The first-order valence-electron chi connectivity index (χ1n) is 1.33. The SMILES string of the molecule is PPPPPP.[Ir].[Y].[Y].[Y]. The first-order valence-corrected chi connectivity index (χ1v) is 11.9. The fourth-order valence-corrected chi connectivity index (χ4v) is 17.5. The Morgan fingerprint density at radius 1 is 0.700 bits per heavy atom. The molecule has 0 aromatic carbocycles. The van der Waals surface area contributed by atoms with Crippen molar-refractivity contribution < 1.29 is 118 Å².